The Hall–Kier alpha value is -1.08. The number of morpholine rings is 1. The first kappa shape index (κ1) is 19.7. The lowest BCUT2D eigenvalue weighted by Gasteiger charge is -2.39. The molecule has 6 heteroatoms. The summed E-state index contributed by atoms with van der Waals surface area (Å²) < 4.78 is 11.6. The molecular formula is C20H31N3O2S. The van der Waals surface area contributed by atoms with E-state index in [9.17, 15) is 0 Å². The van der Waals surface area contributed by atoms with Crippen LogP contribution in [0.25, 0.3) is 0 Å². The molecule has 1 atom stereocenters. The number of hydrogen-bond acceptors (Lipinski definition) is 5. The molecule has 2 fully saturated rings. The Morgan fingerprint density at radius 3 is 2.73 bits per heavy atom. The Kier molecular flexibility index (Phi) is 7.37. The minimum atomic E-state index is -0.720. The number of rotatable bonds is 7. The molecule has 1 aliphatic heterocycles. The fraction of sp³-hybridized carbons (Fsp3) is 0.700. The van der Waals surface area contributed by atoms with Gasteiger partial charge in [-0.1, -0.05) is 37.5 Å². The Morgan fingerprint density at radius 2 is 2.08 bits per heavy atom. The minimum absolute atomic E-state index is 0.695. The van der Waals surface area contributed by atoms with E-state index in [0.29, 0.717) is 12.5 Å². The van der Waals surface area contributed by atoms with Crippen molar-refractivity contribution in [1.82, 2.24) is 15.2 Å². The molecule has 0 spiro atoms. The third kappa shape index (κ3) is 4.80. The molecule has 26 heavy (non-hydrogen) atoms. The Bertz CT molecular complexity index is 559. The topological polar surface area (TPSA) is 46.6 Å². The van der Waals surface area contributed by atoms with Crippen LogP contribution >= 0.6 is 12.2 Å². The second kappa shape index (κ2) is 9.74. The number of ether oxygens (including phenoxy) is 2. The minimum Gasteiger partial charge on any atom is -0.379 e. The zero-order valence-corrected chi connectivity index (χ0v) is 16.6. The molecule has 1 aliphatic carbocycles. The number of aromatic nitrogens is 1. The van der Waals surface area contributed by atoms with Crippen LogP contribution in [0, 0.1) is 5.92 Å². The summed E-state index contributed by atoms with van der Waals surface area (Å²) in [7, 11) is 1.74. The van der Waals surface area contributed by atoms with Crippen molar-refractivity contribution in [3.05, 3.63) is 30.1 Å². The van der Waals surface area contributed by atoms with E-state index in [0.717, 1.165) is 43.5 Å². The first-order valence-corrected chi connectivity index (χ1v) is 10.2. The lowest BCUT2D eigenvalue weighted by Crippen LogP contribution is -2.55. The summed E-state index contributed by atoms with van der Waals surface area (Å²) in [6.45, 7) is 4.92. The van der Waals surface area contributed by atoms with E-state index in [2.05, 4.69) is 15.2 Å². The number of methoxy groups -OCH3 is 1. The highest BCUT2D eigenvalue weighted by atomic mass is 32.1. The van der Waals surface area contributed by atoms with Crippen molar-refractivity contribution in [3.8, 4) is 0 Å². The van der Waals surface area contributed by atoms with Gasteiger partial charge in [0.1, 0.15) is 4.99 Å². The molecule has 2 aliphatic rings. The average molecular weight is 378 g/mol. The summed E-state index contributed by atoms with van der Waals surface area (Å²) in [6.07, 6.45) is 8.44. The number of thiocarbonyl (C=S) groups is 1. The first-order chi connectivity index (χ1) is 12.7. The predicted octanol–water partition coefficient (Wildman–Crippen LogP) is 2.75. The van der Waals surface area contributed by atoms with E-state index in [1.807, 2.05) is 24.4 Å². The maximum atomic E-state index is 6.08. The molecule has 1 aromatic heterocycles. The van der Waals surface area contributed by atoms with Crippen LogP contribution in [0.2, 0.25) is 0 Å². The van der Waals surface area contributed by atoms with Gasteiger partial charge in [0.2, 0.25) is 0 Å². The molecule has 1 unspecified atom stereocenters. The van der Waals surface area contributed by atoms with Gasteiger partial charge < -0.3 is 14.8 Å². The molecule has 1 saturated carbocycles. The standard InChI is InChI=1S/C20H31N3O2S/c1-24-20(18-9-5-6-10-21-18,16-23-11-13-25-14-12-23)19(26)22-15-17-7-3-2-4-8-17/h5-6,9-10,17H,2-4,7-8,11-16H2,1H3,(H,22,26). The molecule has 5 nitrogen and oxygen atoms in total. The number of pyridine rings is 1. The second-order valence-electron chi connectivity index (χ2n) is 7.35. The lowest BCUT2D eigenvalue weighted by atomic mass is 9.89. The third-order valence-corrected chi connectivity index (χ3v) is 6.09. The summed E-state index contributed by atoms with van der Waals surface area (Å²) in [4.78, 5) is 7.70. The van der Waals surface area contributed by atoms with Gasteiger partial charge in [-0.05, 0) is 30.9 Å². The summed E-state index contributed by atoms with van der Waals surface area (Å²) in [5.74, 6) is 0.711. The van der Waals surface area contributed by atoms with Gasteiger partial charge in [-0.2, -0.15) is 0 Å². The van der Waals surface area contributed by atoms with E-state index in [1.165, 1.54) is 32.1 Å². The molecule has 0 radical (unpaired) electrons. The Balaban J connectivity index is 1.75. The lowest BCUT2D eigenvalue weighted by molar-refractivity contribution is -0.0255. The zero-order chi connectivity index (χ0) is 18.2. The average Bonchev–Trinajstić information content (AvgIpc) is 2.72. The highest BCUT2D eigenvalue weighted by Crippen LogP contribution is 2.28. The normalized spacial score (nSPS) is 21.9. The summed E-state index contributed by atoms with van der Waals surface area (Å²) in [5, 5.41) is 3.54. The van der Waals surface area contributed by atoms with Crippen LogP contribution in [-0.4, -0.2) is 61.4 Å². The van der Waals surface area contributed by atoms with E-state index in [-0.39, 0.29) is 0 Å². The highest BCUT2D eigenvalue weighted by molar-refractivity contribution is 7.80. The van der Waals surface area contributed by atoms with E-state index in [1.54, 1.807) is 7.11 Å². The van der Waals surface area contributed by atoms with E-state index < -0.39 is 5.60 Å². The van der Waals surface area contributed by atoms with Gasteiger partial charge in [0.05, 0.1) is 18.9 Å². The largest absolute Gasteiger partial charge is 0.379 e. The van der Waals surface area contributed by atoms with Crippen LogP contribution in [-0.2, 0) is 15.1 Å². The van der Waals surface area contributed by atoms with Crippen molar-refractivity contribution in [2.75, 3.05) is 46.5 Å². The van der Waals surface area contributed by atoms with Crippen molar-refractivity contribution in [2.45, 2.75) is 37.7 Å². The number of nitrogens with zero attached hydrogens (tertiary/aromatic N) is 2. The second-order valence-corrected chi connectivity index (χ2v) is 7.76. The van der Waals surface area contributed by atoms with Gasteiger partial charge in [0.25, 0.3) is 0 Å². The van der Waals surface area contributed by atoms with Crippen LogP contribution in [0.1, 0.15) is 37.8 Å². The predicted molar refractivity (Wildman–Crippen MR) is 107 cm³/mol. The van der Waals surface area contributed by atoms with Crippen LogP contribution in [0.5, 0.6) is 0 Å². The van der Waals surface area contributed by atoms with Gasteiger partial charge in [0.15, 0.2) is 5.60 Å². The molecule has 2 heterocycles. The summed E-state index contributed by atoms with van der Waals surface area (Å²) in [6, 6.07) is 5.94. The number of nitrogens with one attached hydrogen (secondary N) is 1. The fourth-order valence-corrected chi connectivity index (χ4v) is 4.31. The third-order valence-electron chi connectivity index (χ3n) is 5.62. The van der Waals surface area contributed by atoms with Crippen molar-refractivity contribution < 1.29 is 9.47 Å². The highest BCUT2D eigenvalue weighted by Gasteiger charge is 2.40. The molecule has 0 bridgehead atoms. The van der Waals surface area contributed by atoms with Crippen LogP contribution in [0.15, 0.2) is 24.4 Å². The van der Waals surface area contributed by atoms with Crippen molar-refractivity contribution >= 4 is 17.2 Å². The fourth-order valence-electron chi connectivity index (χ4n) is 3.98. The maximum Gasteiger partial charge on any atom is 0.172 e. The first-order valence-electron chi connectivity index (χ1n) is 9.79. The smallest absolute Gasteiger partial charge is 0.172 e. The summed E-state index contributed by atoms with van der Waals surface area (Å²) >= 11 is 5.87. The van der Waals surface area contributed by atoms with Gasteiger partial charge in [-0.15, -0.1) is 0 Å². The quantitative estimate of drug-likeness (QED) is 0.738. The van der Waals surface area contributed by atoms with Crippen LogP contribution < -0.4 is 5.32 Å². The van der Waals surface area contributed by atoms with Gasteiger partial charge in [-0.25, -0.2) is 0 Å². The molecule has 1 aromatic rings. The van der Waals surface area contributed by atoms with Gasteiger partial charge >= 0.3 is 0 Å². The van der Waals surface area contributed by atoms with E-state index >= 15 is 0 Å². The van der Waals surface area contributed by atoms with Crippen molar-refractivity contribution in [2.24, 2.45) is 5.92 Å². The van der Waals surface area contributed by atoms with Crippen molar-refractivity contribution in [3.63, 3.8) is 0 Å². The molecule has 144 valence electrons. The van der Waals surface area contributed by atoms with Gasteiger partial charge in [-0.3, -0.25) is 9.88 Å². The molecule has 1 saturated heterocycles. The molecule has 0 aromatic carbocycles. The van der Waals surface area contributed by atoms with Crippen molar-refractivity contribution in [1.29, 1.82) is 0 Å². The Labute approximate surface area is 162 Å². The molecule has 1 N–H and O–H groups in total. The van der Waals surface area contributed by atoms with Crippen LogP contribution in [0.4, 0.5) is 0 Å². The molecule has 0 amide bonds. The van der Waals surface area contributed by atoms with Crippen LogP contribution in [0.3, 0.4) is 0 Å². The maximum absolute atomic E-state index is 6.08. The molecular weight excluding hydrogens is 346 g/mol. The molecule has 3 rings (SSSR count). The van der Waals surface area contributed by atoms with E-state index in [4.69, 9.17) is 21.7 Å². The zero-order valence-electron chi connectivity index (χ0n) is 15.8. The number of hydrogen-bond donors (Lipinski definition) is 1. The monoisotopic (exact) mass is 377 g/mol. The Morgan fingerprint density at radius 1 is 1.31 bits per heavy atom. The van der Waals surface area contributed by atoms with Gasteiger partial charge in [0, 0.05) is 39.5 Å². The summed E-state index contributed by atoms with van der Waals surface area (Å²) in [5.41, 5.74) is 0.151. The SMILES string of the molecule is COC(CN1CCOCC1)(C(=S)NCC1CCCCC1)c1ccccn1.